The van der Waals surface area contributed by atoms with E-state index < -0.39 is 0 Å². The number of methoxy groups -OCH3 is 1. The maximum atomic E-state index is 4.95. The maximum absolute atomic E-state index is 4.95. The monoisotopic (exact) mass is 250 g/mol. The summed E-state index contributed by atoms with van der Waals surface area (Å²) in [6.45, 7) is 3.33. The van der Waals surface area contributed by atoms with Crippen LogP contribution in [0.4, 0.5) is 5.13 Å². The summed E-state index contributed by atoms with van der Waals surface area (Å²) in [5.41, 5.74) is 1.77. The molecule has 1 N–H and O–H groups in total. The Hall–Kier alpha value is -1.53. The number of rotatable bonds is 5. The van der Waals surface area contributed by atoms with Crippen LogP contribution >= 0.6 is 11.5 Å². The largest absolute Gasteiger partial charge is 0.383 e. The molecule has 0 aliphatic heterocycles. The lowest BCUT2D eigenvalue weighted by atomic mass is 10.3. The quantitative estimate of drug-likeness (QED) is 0.822. The number of aryl methyl sites for hydroxylation is 1. The van der Waals surface area contributed by atoms with Gasteiger partial charge >= 0.3 is 0 Å². The van der Waals surface area contributed by atoms with Gasteiger partial charge in [-0.1, -0.05) is 6.07 Å². The van der Waals surface area contributed by atoms with E-state index in [0.717, 1.165) is 23.1 Å². The highest BCUT2D eigenvalue weighted by Gasteiger charge is 2.07. The minimum Gasteiger partial charge on any atom is -0.383 e. The SMILES string of the molecule is COCCNc1nc(-c2cccc(C)n2)ns1. The zero-order valence-corrected chi connectivity index (χ0v) is 10.6. The zero-order valence-electron chi connectivity index (χ0n) is 9.80. The summed E-state index contributed by atoms with van der Waals surface area (Å²) in [5.74, 6) is 0.665. The van der Waals surface area contributed by atoms with Crippen LogP contribution in [0.5, 0.6) is 0 Å². The van der Waals surface area contributed by atoms with Gasteiger partial charge in [-0.3, -0.25) is 0 Å². The fourth-order valence-corrected chi connectivity index (χ4v) is 1.93. The van der Waals surface area contributed by atoms with Gasteiger partial charge < -0.3 is 10.1 Å². The summed E-state index contributed by atoms with van der Waals surface area (Å²) < 4.78 is 9.22. The number of hydrogen-bond acceptors (Lipinski definition) is 6. The third kappa shape index (κ3) is 3.21. The highest BCUT2D eigenvalue weighted by molar-refractivity contribution is 7.09. The van der Waals surface area contributed by atoms with Gasteiger partial charge in [-0.2, -0.15) is 9.36 Å². The minimum atomic E-state index is 0.650. The number of hydrogen-bond donors (Lipinski definition) is 1. The van der Waals surface area contributed by atoms with Crippen molar-refractivity contribution in [1.82, 2.24) is 14.3 Å². The lowest BCUT2D eigenvalue weighted by molar-refractivity contribution is 0.211. The Kier molecular flexibility index (Phi) is 4.00. The van der Waals surface area contributed by atoms with Crippen LogP contribution < -0.4 is 5.32 Å². The molecule has 2 aromatic heterocycles. The van der Waals surface area contributed by atoms with Crippen molar-refractivity contribution in [3.63, 3.8) is 0 Å². The zero-order chi connectivity index (χ0) is 12.1. The fourth-order valence-electron chi connectivity index (χ4n) is 1.33. The molecule has 0 radical (unpaired) electrons. The van der Waals surface area contributed by atoms with E-state index in [1.807, 2.05) is 25.1 Å². The Morgan fingerprint density at radius 2 is 2.24 bits per heavy atom. The molecule has 0 bridgehead atoms. The van der Waals surface area contributed by atoms with Gasteiger partial charge in [-0.25, -0.2) is 4.98 Å². The molecule has 2 aromatic rings. The molecule has 0 unspecified atom stereocenters. The first kappa shape index (κ1) is 11.9. The first-order chi connectivity index (χ1) is 8.29. The van der Waals surface area contributed by atoms with Gasteiger partial charge in [-0.05, 0) is 19.1 Å². The van der Waals surface area contributed by atoms with Gasteiger partial charge in [0.05, 0.1) is 6.61 Å². The van der Waals surface area contributed by atoms with E-state index >= 15 is 0 Å². The number of aromatic nitrogens is 3. The summed E-state index contributed by atoms with van der Waals surface area (Å²) in [6.07, 6.45) is 0. The van der Waals surface area contributed by atoms with Gasteiger partial charge in [0.1, 0.15) is 5.69 Å². The first-order valence-corrected chi connectivity index (χ1v) is 6.07. The van der Waals surface area contributed by atoms with Crippen molar-refractivity contribution >= 4 is 16.7 Å². The molecule has 0 saturated carbocycles. The normalized spacial score (nSPS) is 10.5. The van der Waals surface area contributed by atoms with Crippen LogP contribution in [0.25, 0.3) is 11.5 Å². The summed E-state index contributed by atoms with van der Waals surface area (Å²) in [5, 5.41) is 3.93. The molecular weight excluding hydrogens is 236 g/mol. The average Bonchev–Trinajstić information content (AvgIpc) is 2.78. The van der Waals surface area contributed by atoms with E-state index in [1.165, 1.54) is 11.5 Å². The van der Waals surface area contributed by atoms with Crippen LogP contribution in [0.1, 0.15) is 5.69 Å². The van der Waals surface area contributed by atoms with Crippen molar-refractivity contribution in [3.8, 4) is 11.5 Å². The number of nitrogens with zero attached hydrogens (tertiary/aromatic N) is 3. The summed E-state index contributed by atoms with van der Waals surface area (Å²) in [6, 6.07) is 5.82. The Bertz CT molecular complexity index is 486. The first-order valence-electron chi connectivity index (χ1n) is 5.30. The number of ether oxygens (including phenoxy) is 1. The van der Waals surface area contributed by atoms with Crippen LogP contribution in [-0.4, -0.2) is 34.6 Å². The third-order valence-electron chi connectivity index (χ3n) is 2.13. The minimum absolute atomic E-state index is 0.650. The number of anilines is 1. The second kappa shape index (κ2) is 5.70. The molecule has 5 nitrogen and oxygen atoms in total. The van der Waals surface area contributed by atoms with Gasteiger partial charge in [0.2, 0.25) is 5.13 Å². The van der Waals surface area contributed by atoms with Gasteiger partial charge in [-0.15, -0.1) is 0 Å². The van der Waals surface area contributed by atoms with Crippen molar-refractivity contribution < 1.29 is 4.74 Å². The molecule has 90 valence electrons. The molecule has 17 heavy (non-hydrogen) atoms. The Balaban J connectivity index is 2.07. The molecule has 0 aliphatic carbocycles. The molecule has 2 heterocycles. The smallest absolute Gasteiger partial charge is 0.203 e. The predicted octanol–water partition coefficient (Wildman–Crippen LogP) is 1.97. The van der Waals surface area contributed by atoms with E-state index in [4.69, 9.17) is 4.74 Å². The molecule has 2 rings (SSSR count). The van der Waals surface area contributed by atoms with Crippen LogP contribution in [0.15, 0.2) is 18.2 Å². The van der Waals surface area contributed by atoms with E-state index in [9.17, 15) is 0 Å². The molecule has 0 aliphatic rings. The molecule has 0 aromatic carbocycles. The van der Waals surface area contributed by atoms with Gasteiger partial charge in [0.15, 0.2) is 5.82 Å². The number of nitrogens with one attached hydrogen (secondary N) is 1. The maximum Gasteiger partial charge on any atom is 0.203 e. The molecule has 0 atom stereocenters. The van der Waals surface area contributed by atoms with Crippen LogP contribution in [0.2, 0.25) is 0 Å². The number of pyridine rings is 1. The molecule has 0 amide bonds. The van der Waals surface area contributed by atoms with Crippen molar-refractivity contribution in [3.05, 3.63) is 23.9 Å². The highest BCUT2D eigenvalue weighted by atomic mass is 32.1. The highest BCUT2D eigenvalue weighted by Crippen LogP contribution is 2.19. The average molecular weight is 250 g/mol. The van der Waals surface area contributed by atoms with Crippen molar-refractivity contribution in [1.29, 1.82) is 0 Å². The summed E-state index contributed by atoms with van der Waals surface area (Å²) in [7, 11) is 1.67. The molecular formula is C11H14N4OS. The Labute approximate surface area is 104 Å². The summed E-state index contributed by atoms with van der Waals surface area (Å²) >= 11 is 1.33. The second-order valence-electron chi connectivity index (χ2n) is 3.51. The predicted molar refractivity (Wildman–Crippen MR) is 68.2 cm³/mol. The Morgan fingerprint density at radius 1 is 1.35 bits per heavy atom. The summed E-state index contributed by atoms with van der Waals surface area (Å²) in [4.78, 5) is 8.75. The topological polar surface area (TPSA) is 59.9 Å². The standard InChI is InChI=1S/C11H14N4OS/c1-8-4-3-5-9(13-8)10-14-11(17-15-10)12-6-7-16-2/h3-5H,6-7H2,1-2H3,(H,12,14,15). The third-order valence-corrected chi connectivity index (χ3v) is 2.80. The van der Waals surface area contributed by atoms with Crippen LogP contribution in [0.3, 0.4) is 0 Å². The lowest BCUT2D eigenvalue weighted by Crippen LogP contribution is -2.07. The van der Waals surface area contributed by atoms with Gasteiger partial charge in [0.25, 0.3) is 0 Å². The van der Waals surface area contributed by atoms with Crippen molar-refractivity contribution in [2.75, 3.05) is 25.6 Å². The van der Waals surface area contributed by atoms with Crippen molar-refractivity contribution in [2.45, 2.75) is 6.92 Å². The molecule has 0 saturated heterocycles. The molecule has 6 heteroatoms. The molecule has 0 fully saturated rings. The molecule has 0 spiro atoms. The Morgan fingerprint density at radius 3 is 3.00 bits per heavy atom. The van der Waals surface area contributed by atoms with Crippen LogP contribution in [-0.2, 0) is 4.74 Å². The van der Waals surface area contributed by atoms with E-state index in [-0.39, 0.29) is 0 Å². The lowest BCUT2D eigenvalue weighted by Gasteiger charge is -1.99. The van der Waals surface area contributed by atoms with E-state index in [2.05, 4.69) is 19.7 Å². The van der Waals surface area contributed by atoms with Crippen LogP contribution in [0, 0.1) is 6.92 Å². The van der Waals surface area contributed by atoms with Crippen molar-refractivity contribution in [2.24, 2.45) is 0 Å². The fraction of sp³-hybridized carbons (Fsp3) is 0.364. The van der Waals surface area contributed by atoms with Gasteiger partial charge in [0, 0.05) is 30.9 Å². The second-order valence-corrected chi connectivity index (χ2v) is 4.26. The van der Waals surface area contributed by atoms with E-state index in [0.29, 0.717) is 12.4 Å². The van der Waals surface area contributed by atoms with E-state index in [1.54, 1.807) is 7.11 Å².